The highest BCUT2D eigenvalue weighted by Crippen LogP contribution is 2.23. The number of pyridine rings is 1. The maximum Gasteiger partial charge on any atom is 0.141 e. The molecule has 1 atom stereocenters. The minimum atomic E-state index is -0.338. The van der Waals surface area contributed by atoms with E-state index in [1.807, 2.05) is 0 Å². The van der Waals surface area contributed by atoms with Gasteiger partial charge in [0.25, 0.3) is 0 Å². The molecular formula is C17H21FN2. The molecule has 0 bridgehead atoms. The molecule has 106 valence electrons. The van der Waals surface area contributed by atoms with Gasteiger partial charge in [0.05, 0.1) is 17.9 Å². The van der Waals surface area contributed by atoms with E-state index in [9.17, 15) is 4.39 Å². The molecule has 0 aliphatic carbocycles. The number of hydrogen-bond acceptors (Lipinski definition) is 2. The van der Waals surface area contributed by atoms with E-state index in [2.05, 4.69) is 50.0 Å². The number of hydrogen-bond donors (Lipinski definition) is 1. The lowest BCUT2D eigenvalue weighted by Gasteiger charge is -2.19. The Morgan fingerprint density at radius 3 is 2.25 bits per heavy atom. The second-order valence-electron chi connectivity index (χ2n) is 6.16. The molecule has 20 heavy (non-hydrogen) atoms. The summed E-state index contributed by atoms with van der Waals surface area (Å²) in [6.07, 6.45) is 1.90. The predicted molar refractivity (Wildman–Crippen MR) is 80.0 cm³/mol. The van der Waals surface area contributed by atoms with Crippen LogP contribution < -0.4 is 5.73 Å². The molecule has 0 aliphatic rings. The second-order valence-corrected chi connectivity index (χ2v) is 6.16. The van der Waals surface area contributed by atoms with Gasteiger partial charge >= 0.3 is 0 Å². The average Bonchev–Trinajstić information content (AvgIpc) is 2.39. The van der Waals surface area contributed by atoms with Crippen molar-refractivity contribution < 1.29 is 4.39 Å². The van der Waals surface area contributed by atoms with Crippen LogP contribution in [0.2, 0.25) is 0 Å². The monoisotopic (exact) mass is 272 g/mol. The van der Waals surface area contributed by atoms with Gasteiger partial charge in [-0.1, -0.05) is 45.0 Å². The molecule has 1 aromatic carbocycles. The Hall–Kier alpha value is -1.74. The van der Waals surface area contributed by atoms with E-state index in [1.165, 1.54) is 17.8 Å². The Balaban J connectivity index is 2.08. The third-order valence-corrected chi connectivity index (χ3v) is 3.41. The second kappa shape index (κ2) is 5.71. The van der Waals surface area contributed by atoms with Crippen molar-refractivity contribution in [3.8, 4) is 0 Å². The van der Waals surface area contributed by atoms with Crippen molar-refractivity contribution in [2.24, 2.45) is 5.73 Å². The summed E-state index contributed by atoms with van der Waals surface area (Å²) >= 11 is 0. The number of rotatable bonds is 3. The molecule has 0 spiro atoms. The summed E-state index contributed by atoms with van der Waals surface area (Å²) in [6.45, 7) is 6.57. The number of benzene rings is 1. The summed E-state index contributed by atoms with van der Waals surface area (Å²) in [5.74, 6) is -0.338. The first kappa shape index (κ1) is 14.7. The van der Waals surface area contributed by atoms with E-state index >= 15 is 0 Å². The van der Waals surface area contributed by atoms with Gasteiger partial charge in [-0.25, -0.2) is 4.39 Å². The van der Waals surface area contributed by atoms with E-state index < -0.39 is 0 Å². The quantitative estimate of drug-likeness (QED) is 0.924. The highest BCUT2D eigenvalue weighted by atomic mass is 19.1. The molecular weight excluding hydrogens is 251 g/mol. The normalized spacial score (nSPS) is 13.2. The highest BCUT2D eigenvalue weighted by Gasteiger charge is 2.14. The summed E-state index contributed by atoms with van der Waals surface area (Å²) in [6, 6.07) is 11.3. The van der Waals surface area contributed by atoms with Crippen molar-refractivity contribution in [1.82, 2.24) is 4.98 Å². The molecule has 0 radical (unpaired) electrons. The molecule has 1 heterocycles. The zero-order chi connectivity index (χ0) is 14.8. The van der Waals surface area contributed by atoms with Crippen LogP contribution in [0.1, 0.15) is 43.6 Å². The van der Waals surface area contributed by atoms with Crippen LogP contribution in [-0.2, 0) is 11.8 Å². The van der Waals surface area contributed by atoms with E-state index in [0.717, 1.165) is 5.56 Å². The van der Waals surface area contributed by atoms with Gasteiger partial charge in [-0.15, -0.1) is 0 Å². The van der Waals surface area contributed by atoms with Crippen LogP contribution in [0.3, 0.4) is 0 Å². The summed E-state index contributed by atoms with van der Waals surface area (Å²) in [4.78, 5) is 4.03. The SMILES string of the molecule is CC(C)(C)c1ccc(CC(N)c2ccc(F)cn2)cc1. The first-order chi connectivity index (χ1) is 9.36. The van der Waals surface area contributed by atoms with Gasteiger partial charge in [0.2, 0.25) is 0 Å². The Kier molecular flexibility index (Phi) is 4.19. The number of nitrogens with zero attached hydrogens (tertiary/aromatic N) is 1. The van der Waals surface area contributed by atoms with Crippen LogP contribution in [0.5, 0.6) is 0 Å². The van der Waals surface area contributed by atoms with Crippen LogP contribution >= 0.6 is 0 Å². The molecule has 2 aromatic rings. The fraction of sp³-hybridized carbons (Fsp3) is 0.353. The van der Waals surface area contributed by atoms with Crippen molar-refractivity contribution >= 4 is 0 Å². The minimum absolute atomic E-state index is 0.152. The van der Waals surface area contributed by atoms with Gasteiger partial charge in [-0.3, -0.25) is 4.98 Å². The van der Waals surface area contributed by atoms with Crippen molar-refractivity contribution in [2.45, 2.75) is 38.6 Å². The molecule has 2 N–H and O–H groups in total. The lowest BCUT2D eigenvalue weighted by atomic mass is 9.86. The van der Waals surface area contributed by atoms with Gasteiger partial charge in [0.1, 0.15) is 5.82 Å². The van der Waals surface area contributed by atoms with E-state index in [1.54, 1.807) is 6.07 Å². The van der Waals surface area contributed by atoms with Crippen LogP contribution in [0.15, 0.2) is 42.6 Å². The van der Waals surface area contributed by atoms with Crippen LogP contribution in [0, 0.1) is 5.82 Å². The number of halogens is 1. The zero-order valence-corrected chi connectivity index (χ0v) is 12.2. The van der Waals surface area contributed by atoms with Crippen molar-refractivity contribution in [3.63, 3.8) is 0 Å². The molecule has 2 nitrogen and oxygen atoms in total. The third kappa shape index (κ3) is 3.64. The molecule has 0 fully saturated rings. The summed E-state index contributed by atoms with van der Waals surface area (Å²) in [7, 11) is 0. The van der Waals surface area contributed by atoms with Crippen LogP contribution in [0.4, 0.5) is 4.39 Å². The van der Waals surface area contributed by atoms with Gasteiger partial charge < -0.3 is 5.73 Å². The Morgan fingerprint density at radius 2 is 1.75 bits per heavy atom. The zero-order valence-electron chi connectivity index (χ0n) is 12.2. The molecule has 0 saturated heterocycles. The molecule has 0 aliphatic heterocycles. The standard InChI is InChI=1S/C17H21FN2/c1-17(2,3)13-6-4-12(5-7-13)10-15(19)16-9-8-14(18)11-20-16/h4-9,11,15H,10,19H2,1-3H3. The molecule has 0 amide bonds. The van der Waals surface area contributed by atoms with Crippen molar-refractivity contribution in [2.75, 3.05) is 0 Å². The summed E-state index contributed by atoms with van der Waals surface area (Å²) < 4.78 is 12.8. The summed E-state index contributed by atoms with van der Waals surface area (Å²) in [5.41, 5.74) is 9.45. The first-order valence-electron chi connectivity index (χ1n) is 6.83. The average molecular weight is 272 g/mol. The van der Waals surface area contributed by atoms with Crippen molar-refractivity contribution in [1.29, 1.82) is 0 Å². The Labute approximate surface area is 119 Å². The van der Waals surface area contributed by atoms with E-state index in [-0.39, 0.29) is 17.3 Å². The predicted octanol–water partition coefficient (Wildman–Crippen LogP) is 3.76. The van der Waals surface area contributed by atoms with Crippen molar-refractivity contribution in [3.05, 3.63) is 65.2 Å². The van der Waals surface area contributed by atoms with Gasteiger partial charge in [0.15, 0.2) is 0 Å². The largest absolute Gasteiger partial charge is 0.322 e. The van der Waals surface area contributed by atoms with E-state index in [4.69, 9.17) is 5.73 Å². The Morgan fingerprint density at radius 1 is 1.10 bits per heavy atom. The van der Waals surface area contributed by atoms with Crippen LogP contribution in [0.25, 0.3) is 0 Å². The van der Waals surface area contributed by atoms with Gasteiger partial charge in [-0.05, 0) is 35.1 Å². The Bertz CT molecular complexity index is 553. The van der Waals surface area contributed by atoms with Gasteiger partial charge in [0, 0.05) is 0 Å². The molecule has 2 rings (SSSR count). The fourth-order valence-electron chi connectivity index (χ4n) is 2.11. The summed E-state index contributed by atoms with van der Waals surface area (Å²) in [5, 5.41) is 0. The number of nitrogens with two attached hydrogens (primary N) is 1. The highest BCUT2D eigenvalue weighted by molar-refractivity contribution is 5.28. The van der Waals surface area contributed by atoms with Gasteiger partial charge in [-0.2, -0.15) is 0 Å². The first-order valence-corrected chi connectivity index (χ1v) is 6.83. The maximum atomic E-state index is 12.8. The lowest BCUT2D eigenvalue weighted by molar-refractivity contribution is 0.589. The molecule has 1 aromatic heterocycles. The lowest BCUT2D eigenvalue weighted by Crippen LogP contribution is -2.15. The topological polar surface area (TPSA) is 38.9 Å². The number of aromatic nitrogens is 1. The molecule has 0 saturated carbocycles. The fourth-order valence-corrected chi connectivity index (χ4v) is 2.11. The van der Waals surface area contributed by atoms with E-state index in [0.29, 0.717) is 12.1 Å². The third-order valence-electron chi connectivity index (χ3n) is 3.41. The maximum absolute atomic E-state index is 12.8. The molecule has 3 heteroatoms. The smallest absolute Gasteiger partial charge is 0.141 e. The molecule has 1 unspecified atom stereocenters. The van der Waals surface area contributed by atoms with Crippen LogP contribution in [-0.4, -0.2) is 4.98 Å². The minimum Gasteiger partial charge on any atom is -0.322 e.